The number of nitriles is 1. The van der Waals surface area contributed by atoms with E-state index in [4.69, 9.17) is 0 Å². The van der Waals surface area contributed by atoms with Crippen LogP contribution in [0, 0.1) is 17.2 Å². The van der Waals surface area contributed by atoms with Crippen LogP contribution in [0.3, 0.4) is 0 Å². The lowest BCUT2D eigenvalue weighted by atomic mass is 10.0. The van der Waals surface area contributed by atoms with Crippen LogP contribution in [0.2, 0.25) is 0 Å². The van der Waals surface area contributed by atoms with Crippen LogP contribution < -0.4 is 10.9 Å². The van der Waals surface area contributed by atoms with E-state index < -0.39 is 12.2 Å². The van der Waals surface area contributed by atoms with Crippen LogP contribution in [0.4, 0.5) is 24.7 Å². The fourth-order valence-corrected chi connectivity index (χ4v) is 4.56. The van der Waals surface area contributed by atoms with Gasteiger partial charge in [0.1, 0.15) is 11.4 Å². The van der Waals surface area contributed by atoms with Crippen molar-refractivity contribution in [2.75, 3.05) is 18.4 Å². The van der Waals surface area contributed by atoms with Crippen molar-refractivity contribution in [2.45, 2.75) is 43.9 Å². The molecule has 2 atom stereocenters. The molecule has 0 spiro atoms. The van der Waals surface area contributed by atoms with Crippen molar-refractivity contribution in [3.63, 3.8) is 0 Å². The van der Waals surface area contributed by atoms with Crippen LogP contribution in [0.25, 0.3) is 10.9 Å². The van der Waals surface area contributed by atoms with Gasteiger partial charge in [-0.15, -0.1) is 0 Å². The number of rotatable bonds is 7. The molecule has 1 aromatic carbocycles. The normalized spacial score (nSPS) is 18.5. The Balaban J connectivity index is 1.47. The van der Waals surface area contributed by atoms with Crippen molar-refractivity contribution in [3.8, 4) is 6.07 Å². The van der Waals surface area contributed by atoms with Crippen molar-refractivity contribution in [1.29, 1.82) is 5.26 Å². The summed E-state index contributed by atoms with van der Waals surface area (Å²) in [6.07, 6.45) is 0.278. The van der Waals surface area contributed by atoms with Gasteiger partial charge in [0.05, 0.1) is 24.0 Å². The molecule has 7 nitrogen and oxygen atoms in total. The second-order valence-corrected chi connectivity index (χ2v) is 8.71. The fraction of sp³-hybridized carbons (Fsp3) is 0.435. The first-order chi connectivity index (χ1) is 15.9. The van der Waals surface area contributed by atoms with Gasteiger partial charge in [0.2, 0.25) is 0 Å². The van der Waals surface area contributed by atoms with Gasteiger partial charge in [0.15, 0.2) is 5.82 Å². The van der Waals surface area contributed by atoms with Crippen LogP contribution in [-0.4, -0.2) is 38.9 Å². The summed E-state index contributed by atoms with van der Waals surface area (Å²) in [4.78, 5) is 16.7. The van der Waals surface area contributed by atoms with E-state index in [-0.39, 0.29) is 23.6 Å². The number of hydrogen-bond acceptors (Lipinski definition) is 5. The molecule has 0 bridgehead atoms. The van der Waals surface area contributed by atoms with E-state index in [1.807, 2.05) is 0 Å². The van der Waals surface area contributed by atoms with E-state index in [0.717, 1.165) is 19.3 Å². The van der Waals surface area contributed by atoms with Crippen molar-refractivity contribution in [1.82, 2.24) is 19.7 Å². The van der Waals surface area contributed by atoms with E-state index in [9.17, 15) is 23.2 Å². The molecule has 1 saturated carbocycles. The summed E-state index contributed by atoms with van der Waals surface area (Å²) < 4.78 is 42.6. The summed E-state index contributed by atoms with van der Waals surface area (Å²) in [5.41, 5.74) is 1.02. The summed E-state index contributed by atoms with van der Waals surface area (Å²) in [5, 5.41) is 17.4. The summed E-state index contributed by atoms with van der Waals surface area (Å²) in [5.74, 6) is 0.665. The highest BCUT2D eigenvalue weighted by molar-refractivity contribution is 5.91. The molecule has 0 amide bonds. The molecule has 2 unspecified atom stereocenters. The largest absolute Gasteiger partial charge is 0.408 e. The van der Waals surface area contributed by atoms with E-state index in [0.29, 0.717) is 41.4 Å². The van der Waals surface area contributed by atoms with Crippen molar-refractivity contribution in [2.24, 2.45) is 5.92 Å². The molecule has 1 saturated heterocycles. The van der Waals surface area contributed by atoms with Gasteiger partial charge in [-0.3, -0.25) is 14.4 Å². The number of fused-ring (bicyclic) bond motifs is 1. The molecule has 2 aromatic heterocycles. The minimum absolute atomic E-state index is 0.124. The summed E-state index contributed by atoms with van der Waals surface area (Å²) in [7, 11) is 0. The molecule has 2 aliphatic rings. The smallest absolute Gasteiger partial charge is 0.338 e. The number of hydrogen-bond donors (Lipinski definition) is 2. The highest BCUT2D eigenvalue weighted by Gasteiger charge is 2.46. The zero-order chi connectivity index (χ0) is 23.2. The quantitative estimate of drug-likeness (QED) is 0.541. The number of aromatic amines is 1. The lowest BCUT2D eigenvalue weighted by Gasteiger charge is -2.39. The third kappa shape index (κ3) is 4.09. The number of nitrogens with zero attached hydrogens (tertiary/aromatic N) is 4. The maximum absolute atomic E-state index is 13.6. The Kier molecular flexibility index (Phi) is 5.37. The number of nitrogens with one attached hydrogen (secondary N) is 2. The van der Waals surface area contributed by atoms with E-state index in [1.165, 1.54) is 17.0 Å². The van der Waals surface area contributed by atoms with Crippen LogP contribution in [-0.2, 0) is 0 Å². The van der Waals surface area contributed by atoms with Gasteiger partial charge in [-0.1, -0.05) is 12.1 Å². The molecule has 2 fully saturated rings. The maximum Gasteiger partial charge on any atom is 0.408 e. The number of benzene rings is 1. The molecule has 33 heavy (non-hydrogen) atoms. The minimum Gasteiger partial charge on any atom is -0.338 e. The van der Waals surface area contributed by atoms with Gasteiger partial charge in [-0.2, -0.15) is 23.5 Å². The van der Waals surface area contributed by atoms with Gasteiger partial charge in [0, 0.05) is 25.0 Å². The standard InChI is InChI=1S/C23H23F3N6O/c24-23(25,26)20(31-12-1-13-31)15-4-6-16(7-5-15)29-21-19-18(9-11-28-22(19)33)32(30-21)17(8-10-27)14-2-3-14/h4-7,9,11,14,17,20H,1-3,8,12-13H2,(H,28,33)(H,29,30). The van der Waals surface area contributed by atoms with Crippen molar-refractivity contribution < 1.29 is 13.2 Å². The highest BCUT2D eigenvalue weighted by atomic mass is 19.4. The number of alkyl halides is 3. The lowest BCUT2D eigenvalue weighted by Crippen LogP contribution is -2.46. The Bertz CT molecular complexity index is 1250. The molecular weight excluding hydrogens is 433 g/mol. The molecule has 10 heteroatoms. The second kappa shape index (κ2) is 8.23. The third-order valence-corrected chi connectivity index (χ3v) is 6.47. The average Bonchev–Trinajstić information content (AvgIpc) is 3.51. The lowest BCUT2D eigenvalue weighted by molar-refractivity contribution is -0.195. The second-order valence-electron chi connectivity index (χ2n) is 8.71. The first-order valence-corrected chi connectivity index (χ1v) is 11.0. The monoisotopic (exact) mass is 456 g/mol. The minimum atomic E-state index is -4.35. The number of halogens is 3. The van der Waals surface area contributed by atoms with E-state index in [2.05, 4.69) is 21.5 Å². The number of aromatic nitrogens is 3. The Morgan fingerprint density at radius 3 is 2.52 bits per heavy atom. The molecule has 3 heterocycles. The fourth-order valence-electron chi connectivity index (χ4n) is 4.56. The van der Waals surface area contributed by atoms with Gasteiger partial charge in [0.25, 0.3) is 5.56 Å². The first-order valence-electron chi connectivity index (χ1n) is 11.0. The number of pyridine rings is 1. The summed E-state index contributed by atoms with van der Waals surface area (Å²) in [6.45, 7) is 0.864. The Hall–Kier alpha value is -3.32. The number of likely N-dealkylation sites (tertiary alicyclic amines) is 1. The van der Waals surface area contributed by atoms with Crippen LogP contribution in [0.5, 0.6) is 0 Å². The van der Waals surface area contributed by atoms with Gasteiger partial charge >= 0.3 is 6.18 Å². The van der Waals surface area contributed by atoms with Crippen LogP contribution >= 0.6 is 0 Å². The molecule has 5 rings (SSSR count). The Morgan fingerprint density at radius 2 is 1.94 bits per heavy atom. The zero-order valence-corrected chi connectivity index (χ0v) is 17.8. The topological polar surface area (TPSA) is 89.7 Å². The van der Waals surface area contributed by atoms with Crippen LogP contribution in [0.15, 0.2) is 41.3 Å². The molecule has 2 N–H and O–H groups in total. The van der Waals surface area contributed by atoms with Crippen molar-refractivity contribution in [3.05, 3.63) is 52.4 Å². The van der Waals surface area contributed by atoms with Crippen molar-refractivity contribution >= 4 is 22.4 Å². The van der Waals surface area contributed by atoms with E-state index in [1.54, 1.807) is 29.1 Å². The molecule has 0 radical (unpaired) electrons. The van der Waals surface area contributed by atoms with Gasteiger partial charge in [-0.05, 0) is 48.9 Å². The highest BCUT2D eigenvalue weighted by Crippen LogP contribution is 2.43. The molecule has 1 aliphatic heterocycles. The number of anilines is 2. The molecular formula is C23H23F3N6O. The average molecular weight is 456 g/mol. The third-order valence-electron chi connectivity index (χ3n) is 6.47. The molecule has 172 valence electrons. The van der Waals surface area contributed by atoms with Gasteiger partial charge in [-0.25, -0.2) is 0 Å². The van der Waals surface area contributed by atoms with Crippen LogP contribution in [0.1, 0.15) is 43.3 Å². The predicted octanol–water partition coefficient (Wildman–Crippen LogP) is 4.64. The first kappa shape index (κ1) is 21.5. The van der Waals surface area contributed by atoms with E-state index >= 15 is 0 Å². The summed E-state index contributed by atoms with van der Waals surface area (Å²) in [6, 6.07) is 8.30. The maximum atomic E-state index is 13.6. The Morgan fingerprint density at radius 1 is 1.21 bits per heavy atom. The summed E-state index contributed by atoms with van der Waals surface area (Å²) >= 11 is 0. The van der Waals surface area contributed by atoms with Gasteiger partial charge < -0.3 is 10.3 Å². The molecule has 3 aromatic rings. The zero-order valence-electron chi connectivity index (χ0n) is 17.8. The Labute approximate surface area is 187 Å². The molecule has 1 aliphatic carbocycles. The predicted molar refractivity (Wildman–Crippen MR) is 117 cm³/mol. The number of H-pyrrole nitrogens is 1. The SMILES string of the molecule is N#CCC(C1CC1)n1nc(Nc2ccc(C(N3CCC3)C(F)(F)F)cc2)c2c(=O)[nH]ccc21.